The van der Waals surface area contributed by atoms with Crippen LogP contribution in [0.3, 0.4) is 0 Å². The molecule has 30 nitrogen and oxygen atoms in total. The molecule has 0 unspecified atom stereocenters. The second-order valence-electron chi connectivity index (χ2n) is 15.9. The first-order valence-electron chi connectivity index (χ1n) is 19.7. The topological polar surface area (TPSA) is 502 Å². The van der Waals surface area contributed by atoms with E-state index in [2.05, 4.69) is 0 Å². The third-order valence-electron chi connectivity index (χ3n) is 11.5. The quantitative estimate of drug-likeness (QED) is 0.0644. The Balaban J connectivity index is 1.38. The van der Waals surface area contributed by atoms with Crippen molar-refractivity contribution < 1.29 is 149 Å². The monoisotopic (exact) mass is 944 g/mol. The molecule has 0 aromatic carbocycles. The Morgan fingerprint density at radius 2 is 1.06 bits per heavy atom. The zero-order valence-corrected chi connectivity index (χ0v) is 33.2. The molecule has 0 amide bonds. The molecule has 25 atom stereocenters. The summed E-state index contributed by atoms with van der Waals surface area (Å²) in [5, 5.41) is 197. The van der Waals surface area contributed by atoms with Gasteiger partial charge in [0.05, 0.1) is 45.2 Å². The molecule has 5 fully saturated rings. The molecule has 30 heteroatoms. The van der Waals surface area contributed by atoms with Crippen molar-refractivity contribution in [1.82, 2.24) is 0 Å². The highest BCUT2D eigenvalue weighted by Gasteiger charge is 2.62. The highest BCUT2D eigenvalue weighted by molar-refractivity contribution is 5.76. The first kappa shape index (κ1) is 52.9. The molecular formula is C34H56O30. The smallest absolute Gasteiger partial charge is 0.364 e. The van der Waals surface area contributed by atoms with Crippen LogP contribution in [0, 0.1) is 0 Å². The molecule has 19 N–H and O–H groups in total. The molecular weight excluding hydrogens is 888 g/mol. The second kappa shape index (κ2) is 21.5. The molecule has 0 aromatic rings. The molecule has 0 aliphatic carbocycles. The molecule has 372 valence electrons. The van der Waals surface area contributed by atoms with Crippen molar-refractivity contribution in [1.29, 1.82) is 0 Å². The number of hydrogen-bond acceptors (Lipinski definition) is 28. The predicted octanol–water partition coefficient (Wildman–Crippen LogP) is -12.2. The summed E-state index contributed by atoms with van der Waals surface area (Å²) in [4.78, 5) is 25.0. The molecule has 5 rings (SSSR count). The minimum Gasteiger partial charge on any atom is -0.477 e. The molecule has 0 bridgehead atoms. The summed E-state index contributed by atoms with van der Waals surface area (Å²) in [6.45, 7) is -5.20. The Hall–Kier alpha value is -2.10. The molecule has 0 saturated carbocycles. The van der Waals surface area contributed by atoms with Crippen molar-refractivity contribution in [2.45, 2.75) is 165 Å². The van der Waals surface area contributed by atoms with E-state index in [1.807, 2.05) is 0 Å². The van der Waals surface area contributed by atoms with E-state index >= 15 is 0 Å². The average molecular weight is 945 g/mol. The first-order chi connectivity index (χ1) is 30.0. The Labute approximate surface area is 359 Å². The van der Waals surface area contributed by atoms with Crippen LogP contribution in [0.2, 0.25) is 0 Å². The van der Waals surface area contributed by atoms with Gasteiger partial charge in [-0.3, -0.25) is 0 Å². The third-order valence-corrected chi connectivity index (χ3v) is 11.5. The van der Waals surface area contributed by atoms with Crippen molar-refractivity contribution in [2.75, 3.05) is 33.0 Å². The fraction of sp³-hybridized carbons (Fsp3) is 0.941. The van der Waals surface area contributed by atoms with Gasteiger partial charge in [-0.2, -0.15) is 0 Å². The number of aliphatic hydroxyl groups excluding tert-OH is 16. The highest BCUT2D eigenvalue weighted by Crippen LogP contribution is 2.41. The number of aliphatic hydroxyl groups is 17. The van der Waals surface area contributed by atoms with Crippen LogP contribution < -0.4 is 0 Å². The summed E-state index contributed by atoms with van der Waals surface area (Å²) in [6.07, 6.45) is -49.2. The lowest BCUT2D eigenvalue weighted by molar-refractivity contribution is -0.399. The molecule has 5 saturated heterocycles. The number of carbonyl (C=O) groups is 2. The van der Waals surface area contributed by atoms with E-state index < -0.39 is 210 Å². The summed E-state index contributed by atoms with van der Waals surface area (Å²) in [5.41, 5.74) is 0. The molecule has 0 radical (unpaired) electrons. The van der Waals surface area contributed by atoms with Gasteiger partial charge in [-0.05, 0) is 0 Å². The van der Waals surface area contributed by atoms with Gasteiger partial charge in [0.15, 0.2) is 18.9 Å². The van der Waals surface area contributed by atoms with Gasteiger partial charge in [0.1, 0.15) is 110 Å². The first-order valence-corrected chi connectivity index (χ1v) is 19.7. The lowest BCUT2D eigenvalue weighted by Crippen LogP contribution is -2.69. The zero-order valence-electron chi connectivity index (χ0n) is 33.2. The minimum atomic E-state index is -3.39. The van der Waals surface area contributed by atoms with Gasteiger partial charge >= 0.3 is 11.9 Å². The Morgan fingerprint density at radius 3 is 1.61 bits per heavy atom. The van der Waals surface area contributed by atoms with Crippen molar-refractivity contribution >= 4 is 11.9 Å². The van der Waals surface area contributed by atoms with Gasteiger partial charge in [0.2, 0.25) is 0 Å². The predicted molar refractivity (Wildman–Crippen MR) is 189 cm³/mol. The number of carboxylic acid groups (broad SMARTS) is 2. The van der Waals surface area contributed by atoms with Crippen molar-refractivity contribution in [3.05, 3.63) is 0 Å². The highest BCUT2D eigenvalue weighted by atomic mass is 16.8. The van der Waals surface area contributed by atoms with Gasteiger partial charge in [0, 0.05) is 12.8 Å². The summed E-state index contributed by atoms with van der Waals surface area (Å²) in [5.74, 6) is -10.9. The van der Waals surface area contributed by atoms with Crippen molar-refractivity contribution in [3.63, 3.8) is 0 Å². The van der Waals surface area contributed by atoms with Crippen LogP contribution in [0.15, 0.2) is 0 Å². The number of aliphatic carboxylic acids is 2. The van der Waals surface area contributed by atoms with E-state index in [4.69, 9.17) is 42.6 Å². The van der Waals surface area contributed by atoms with Crippen LogP contribution in [0.4, 0.5) is 0 Å². The maximum Gasteiger partial charge on any atom is 0.364 e. The van der Waals surface area contributed by atoms with Crippen LogP contribution in [0.5, 0.6) is 0 Å². The van der Waals surface area contributed by atoms with Crippen LogP contribution in [-0.2, 0) is 52.2 Å². The fourth-order valence-corrected chi connectivity index (χ4v) is 7.83. The van der Waals surface area contributed by atoms with Gasteiger partial charge in [-0.25, -0.2) is 9.59 Å². The van der Waals surface area contributed by atoms with Crippen LogP contribution in [-0.4, -0.2) is 295 Å². The lowest BCUT2D eigenvalue weighted by Gasteiger charge is -2.51. The molecule has 5 heterocycles. The maximum atomic E-state index is 12.8. The van der Waals surface area contributed by atoms with Crippen molar-refractivity contribution in [2.24, 2.45) is 0 Å². The summed E-state index contributed by atoms with van der Waals surface area (Å²) in [6, 6.07) is 0. The molecule has 0 aromatic heterocycles. The fourth-order valence-electron chi connectivity index (χ4n) is 7.83. The minimum absolute atomic E-state index is 0.805. The van der Waals surface area contributed by atoms with E-state index in [-0.39, 0.29) is 0 Å². The summed E-state index contributed by atoms with van der Waals surface area (Å²) in [7, 11) is 0. The number of rotatable bonds is 17. The molecule has 5 aliphatic rings. The van der Waals surface area contributed by atoms with E-state index in [9.17, 15) is 107 Å². The van der Waals surface area contributed by atoms with E-state index in [0.29, 0.717) is 0 Å². The van der Waals surface area contributed by atoms with Crippen LogP contribution in [0.25, 0.3) is 0 Å². The number of hydrogen-bond donors (Lipinski definition) is 19. The van der Waals surface area contributed by atoms with Gasteiger partial charge in [-0.15, -0.1) is 0 Å². The standard InChI is InChI=1S/C34H56O30/c35-3-9(40)24-15(42)8(39)1-34(64-24,32(53)54)62-11-2-33(55,31(51)52)63-25(10(41)4-36)27(11)61-30-23(50)20(47)26(13(6-38)58-30)60-29-22(49)19(46)17(44)14(59-29)7-56-28-21(48)18(45)16(43)12(5-37)57-28/h8-30,35-50,55H,1-7H2,(H,51,52)(H,53,54)/t8-,9-,10-,11-,12-,13-,14-,15-,16-,17-,18+,19+,20-,21-,22-,23-,24-,25-,26-,27-,28+,29+,30-,33-,34-/m1/s1. The zero-order chi connectivity index (χ0) is 47.7. The van der Waals surface area contributed by atoms with E-state index in [1.165, 1.54) is 0 Å². The lowest BCUT2D eigenvalue weighted by atomic mass is 9.89. The van der Waals surface area contributed by atoms with Crippen molar-refractivity contribution in [3.8, 4) is 0 Å². The van der Waals surface area contributed by atoms with Gasteiger partial charge in [0.25, 0.3) is 11.6 Å². The number of carboxylic acids is 2. The molecule has 0 spiro atoms. The van der Waals surface area contributed by atoms with E-state index in [0.717, 1.165) is 0 Å². The SMILES string of the molecule is O=C(O)[C@@]1(O[C@@H]2C[C@](O)(C(=O)O)O[C@H]([C@H](O)CO)[C@@H]2O[C@H]2O[C@H](CO)[C@@H](O[C@@H]3O[C@H](CO[C@H]4O[C@H](CO)[C@@H](O)[C@H](O)[C@H]4O)[C@@H](O)[C@H](O)[C@H]3O)[C@H](O)[C@H]2O)C[C@@H](O)[C@@H](O)[C@@H]([C@H](O)CO)O1. The molecule has 64 heavy (non-hydrogen) atoms. The molecule has 5 aliphatic heterocycles. The van der Waals surface area contributed by atoms with Crippen LogP contribution in [0.1, 0.15) is 12.8 Å². The van der Waals surface area contributed by atoms with E-state index in [1.54, 1.807) is 0 Å². The second-order valence-corrected chi connectivity index (χ2v) is 15.9. The largest absolute Gasteiger partial charge is 0.477 e. The summed E-state index contributed by atoms with van der Waals surface area (Å²) < 4.78 is 49.4. The maximum absolute atomic E-state index is 12.8. The Bertz CT molecular complexity index is 1530. The van der Waals surface area contributed by atoms with Crippen LogP contribution >= 0.6 is 0 Å². The van der Waals surface area contributed by atoms with Gasteiger partial charge in [-0.1, -0.05) is 0 Å². The Kier molecular flexibility index (Phi) is 17.7. The number of ether oxygens (including phenoxy) is 9. The Morgan fingerprint density at radius 1 is 0.562 bits per heavy atom. The third kappa shape index (κ3) is 10.6. The van der Waals surface area contributed by atoms with Gasteiger partial charge < -0.3 is 140 Å². The normalized spacial score (nSPS) is 48.9. The summed E-state index contributed by atoms with van der Waals surface area (Å²) >= 11 is 0. The average Bonchev–Trinajstić information content (AvgIpc) is 3.26.